The van der Waals surface area contributed by atoms with Crippen molar-refractivity contribution < 1.29 is 9.21 Å². The van der Waals surface area contributed by atoms with Crippen LogP contribution < -0.4 is 5.32 Å². The highest BCUT2D eigenvalue weighted by Gasteiger charge is 2.15. The zero-order valence-electron chi connectivity index (χ0n) is 16.0. The van der Waals surface area contributed by atoms with Crippen LogP contribution in [0.15, 0.2) is 28.7 Å². The van der Waals surface area contributed by atoms with Crippen LogP contribution in [0.25, 0.3) is 11.5 Å². The summed E-state index contributed by atoms with van der Waals surface area (Å²) in [5.41, 5.74) is 2.05. The summed E-state index contributed by atoms with van der Waals surface area (Å²) in [4.78, 5) is 12.2. The third kappa shape index (κ3) is 4.27. The second-order valence-corrected chi connectivity index (χ2v) is 7.14. The van der Waals surface area contributed by atoms with Crippen LogP contribution >= 0.6 is 0 Å². The number of carbonyl (C=O) groups is 1. The van der Waals surface area contributed by atoms with Gasteiger partial charge in [-0.3, -0.25) is 4.79 Å². The normalized spacial score (nSPS) is 13.8. The zero-order chi connectivity index (χ0) is 19.3. The Hall–Kier alpha value is -3.03. The molecule has 0 bridgehead atoms. The van der Waals surface area contributed by atoms with Gasteiger partial charge in [0.2, 0.25) is 17.7 Å². The Balaban J connectivity index is 1.28. The van der Waals surface area contributed by atoms with Gasteiger partial charge in [0.25, 0.3) is 0 Å². The first-order chi connectivity index (χ1) is 13.7. The molecule has 0 unspecified atom stereocenters. The molecule has 1 aliphatic rings. The molecule has 0 fully saturated rings. The monoisotopic (exact) mass is 380 g/mol. The molecule has 1 N–H and O–H groups in total. The summed E-state index contributed by atoms with van der Waals surface area (Å²) in [6, 6.07) is 7.89. The van der Waals surface area contributed by atoms with E-state index in [0.29, 0.717) is 24.7 Å². The molecule has 0 atom stereocenters. The highest BCUT2D eigenvalue weighted by molar-refractivity contribution is 5.75. The number of hydrogen-bond donors (Lipinski definition) is 1. The van der Waals surface area contributed by atoms with E-state index in [1.807, 2.05) is 31.2 Å². The lowest BCUT2D eigenvalue weighted by molar-refractivity contribution is -0.121. The fourth-order valence-corrected chi connectivity index (χ4v) is 3.33. The molecule has 3 heterocycles. The molecule has 1 aliphatic heterocycles. The van der Waals surface area contributed by atoms with Gasteiger partial charge in [-0.15, -0.1) is 20.4 Å². The van der Waals surface area contributed by atoms with Crippen LogP contribution in [0.3, 0.4) is 0 Å². The topological polar surface area (TPSA) is 98.7 Å². The molecule has 1 aromatic carbocycles. The fraction of sp³-hybridized carbons (Fsp3) is 0.450. The summed E-state index contributed by atoms with van der Waals surface area (Å²) in [5.74, 6) is 2.71. The molecule has 4 rings (SSSR count). The van der Waals surface area contributed by atoms with Crippen LogP contribution in [0.5, 0.6) is 0 Å². The third-order valence-corrected chi connectivity index (χ3v) is 4.96. The van der Waals surface area contributed by atoms with Crippen LogP contribution in [-0.4, -0.2) is 30.9 Å². The first-order valence-corrected chi connectivity index (χ1v) is 9.76. The summed E-state index contributed by atoms with van der Waals surface area (Å²) in [6.45, 7) is 3.35. The number of rotatable bonds is 6. The van der Waals surface area contributed by atoms with Crippen molar-refractivity contribution in [3.8, 4) is 11.5 Å². The molecular formula is C20H24N6O2. The van der Waals surface area contributed by atoms with Gasteiger partial charge in [-0.05, 0) is 31.9 Å². The average Bonchev–Trinajstić information content (AvgIpc) is 3.26. The van der Waals surface area contributed by atoms with Crippen LogP contribution in [-0.2, 0) is 30.7 Å². The van der Waals surface area contributed by atoms with Gasteiger partial charge < -0.3 is 14.3 Å². The summed E-state index contributed by atoms with van der Waals surface area (Å²) in [7, 11) is 0. The predicted octanol–water partition coefficient (Wildman–Crippen LogP) is 2.61. The van der Waals surface area contributed by atoms with E-state index < -0.39 is 0 Å². The van der Waals surface area contributed by atoms with Gasteiger partial charge in [0.05, 0.1) is 6.54 Å². The lowest BCUT2D eigenvalue weighted by Crippen LogP contribution is -2.25. The summed E-state index contributed by atoms with van der Waals surface area (Å²) in [5, 5.41) is 19.5. The number of amides is 1. The number of fused-ring (bicyclic) bond motifs is 1. The molecule has 8 nitrogen and oxygen atoms in total. The van der Waals surface area contributed by atoms with Gasteiger partial charge >= 0.3 is 0 Å². The lowest BCUT2D eigenvalue weighted by Gasteiger charge is -2.07. The van der Waals surface area contributed by atoms with E-state index >= 15 is 0 Å². The van der Waals surface area contributed by atoms with Crippen molar-refractivity contribution in [2.75, 3.05) is 0 Å². The van der Waals surface area contributed by atoms with Crippen molar-refractivity contribution in [3.63, 3.8) is 0 Å². The van der Waals surface area contributed by atoms with Crippen LogP contribution in [0.4, 0.5) is 0 Å². The van der Waals surface area contributed by atoms with E-state index in [4.69, 9.17) is 4.42 Å². The summed E-state index contributed by atoms with van der Waals surface area (Å²) < 4.78 is 7.81. The van der Waals surface area contributed by atoms with Crippen LogP contribution in [0, 0.1) is 6.92 Å². The molecule has 0 aliphatic carbocycles. The molecule has 28 heavy (non-hydrogen) atoms. The van der Waals surface area contributed by atoms with Crippen molar-refractivity contribution >= 4 is 5.91 Å². The largest absolute Gasteiger partial charge is 0.421 e. The van der Waals surface area contributed by atoms with Crippen LogP contribution in [0.2, 0.25) is 0 Å². The minimum atomic E-state index is -0.0685. The summed E-state index contributed by atoms with van der Waals surface area (Å²) in [6.07, 6.45) is 5.15. The number of nitrogens with one attached hydrogen (secondary N) is 1. The first kappa shape index (κ1) is 18.3. The Bertz CT molecular complexity index is 944. The lowest BCUT2D eigenvalue weighted by atomic mass is 10.1. The summed E-state index contributed by atoms with van der Waals surface area (Å²) >= 11 is 0. The van der Waals surface area contributed by atoms with E-state index in [9.17, 15) is 4.79 Å². The Morgan fingerprint density at radius 1 is 1.11 bits per heavy atom. The molecule has 1 amide bonds. The number of hydrogen-bond acceptors (Lipinski definition) is 6. The number of carbonyl (C=O) groups excluding carboxylic acids is 1. The molecule has 0 saturated heterocycles. The van der Waals surface area contributed by atoms with Crippen molar-refractivity contribution in [1.29, 1.82) is 0 Å². The van der Waals surface area contributed by atoms with Crippen molar-refractivity contribution in [1.82, 2.24) is 30.3 Å². The third-order valence-electron chi connectivity index (χ3n) is 4.96. The Kier molecular flexibility index (Phi) is 5.45. The number of aromatic nitrogens is 5. The molecule has 8 heteroatoms. The van der Waals surface area contributed by atoms with Crippen molar-refractivity contribution in [2.45, 2.75) is 58.5 Å². The maximum Gasteiger partial charge on any atom is 0.247 e. The Morgan fingerprint density at radius 3 is 2.82 bits per heavy atom. The number of nitrogens with zero attached hydrogens (tertiary/aromatic N) is 5. The Morgan fingerprint density at radius 2 is 1.96 bits per heavy atom. The number of benzene rings is 1. The SMILES string of the molecule is Cc1ccc(-c2nnc(CCC(=O)NCc3nnc4n3CCCCC4)o2)cc1. The van der Waals surface area contributed by atoms with Crippen molar-refractivity contribution in [3.05, 3.63) is 47.4 Å². The highest BCUT2D eigenvalue weighted by Crippen LogP contribution is 2.19. The smallest absolute Gasteiger partial charge is 0.247 e. The second-order valence-electron chi connectivity index (χ2n) is 7.14. The van der Waals surface area contributed by atoms with Gasteiger partial charge in [0.15, 0.2) is 5.82 Å². The molecule has 0 spiro atoms. The average molecular weight is 380 g/mol. The van der Waals surface area contributed by atoms with E-state index in [1.165, 1.54) is 12.0 Å². The molecule has 146 valence electrons. The molecule has 0 radical (unpaired) electrons. The second kappa shape index (κ2) is 8.33. The highest BCUT2D eigenvalue weighted by atomic mass is 16.4. The standard InChI is InChI=1S/C20H24N6O2/c1-14-6-8-15(9-7-14)20-25-24-19(28-20)11-10-18(27)21-13-17-23-22-16-5-3-2-4-12-26(16)17/h6-9H,2-5,10-13H2,1H3,(H,21,27). The van der Waals surface area contributed by atoms with Gasteiger partial charge in [-0.25, -0.2) is 0 Å². The molecular weight excluding hydrogens is 356 g/mol. The van der Waals surface area contributed by atoms with E-state index in [-0.39, 0.29) is 12.3 Å². The minimum absolute atomic E-state index is 0.0685. The van der Waals surface area contributed by atoms with Gasteiger partial charge in [0, 0.05) is 31.4 Å². The molecule has 0 saturated carbocycles. The van der Waals surface area contributed by atoms with E-state index in [1.54, 1.807) is 0 Å². The number of aryl methyl sites for hydroxylation is 3. The van der Waals surface area contributed by atoms with Crippen LogP contribution in [0.1, 0.15) is 48.8 Å². The first-order valence-electron chi connectivity index (χ1n) is 9.76. The molecule has 3 aromatic rings. The Labute approximate surface area is 163 Å². The van der Waals surface area contributed by atoms with Crippen molar-refractivity contribution in [2.24, 2.45) is 0 Å². The van der Waals surface area contributed by atoms with Gasteiger partial charge in [-0.2, -0.15) is 0 Å². The van der Waals surface area contributed by atoms with E-state index in [0.717, 1.165) is 43.0 Å². The predicted molar refractivity (Wildman–Crippen MR) is 102 cm³/mol. The fourth-order valence-electron chi connectivity index (χ4n) is 3.33. The zero-order valence-corrected chi connectivity index (χ0v) is 16.0. The van der Waals surface area contributed by atoms with Gasteiger partial charge in [-0.1, -0.05) is 24.1 Å². The molecule has 2 aromatic heterocycles. The minimum Gasteiger partial charge on any atom is -0.421 e. The maximum absolute atomic E-state index is 12.2. The maximum atomic E-state index is 12.2. The van der Waals surface area contributed by atoms with Gasteiger partial charge in [0.1, 0.15) is 5.82 Å². The van der Waals surface area contributed by atoms with E-state index in [2.05, 4.69) is 30.3 Å². The quantitative estimate of drug-likeness (QED) is 0.706.